The maximum atomic E-state index is 15.0. The second-order valence-electron chi connectivity index (χ2n) is 9.82. The first-order valence-electron chi connectivity index (χ1n) is 13.1. The molecule has 0 saturated heterocycles. The Hall–Kier alpha value is -5.20. The van der Waals surface area contributed by atoms with E-state index in [2.05, 4.69) is 30.2 Å². The smallest absolute Gasteiger partial charge is 0.337 e. The largest absolute Gasteiger partial charge is 0.490 e. The lowest BCUT2D eigenvalue weighted by atomic mass is 10.1. The molecule has 1 aromatic carbocycles. The maximum Gasteiger partial charge on any atom is 0.337 e. The molecule has 4 heterocycles. The minimum Gasteiger partial charge on any atom is -0.490 e. The van der Waals surface area contributed by atoms with Gasteiger partial charge in [0.2, 0.25) is 5.95 Å². The number of aromatic carboxylic acids is 1. The summed E-state index contributed by atoms with van der Waals surface area (Å²) in [7, 11) is 1.82. The number of carboxylic acid groups (broad SMARTS) is 1. The van der Waals surface area contributed by atoms with Gasteiger partial charge < -0.3 is 24.6 Å². The molecule has 0 aliphatic carbocycles. The number of fused-ring (bicyclic) bond motifs is 1. The molecule has 0 aliphatic heterocycles. The summed E-state index contributed by atoms with van der Waals surface area (Å²) in [5.41, 5.74) is 1.10. The summed E-state index contributed by atoms with van der Waals surface area (Å²) >= 11 is 0. The number of nitrogens with one attached hydrogen (secondary N) is 1. The number of benzene rings is 1. The van der Waals surface area contributed by atoms with Crippen LogP contribution in [0.2, 0.25) is 0 Å². The summed E-state index contributed by atoms with van der Waals surface area (Å²) in [4.78, 5) is 33.9. The minimum absolute atomic E-state index is 0.0332. The molecule has 0 atom stereocenters. The highest BCUT2D eigenvalue weighted by Gasteiger charge is 2.18. The molecule has 0 fully saturated rings. The van der Waals surface area contributed by atoms with Gasteiger partial charge in [-0.05, 0) is 57.2 Å². The number of hydrogen-bond acceptors (Lipinski definition) is 9. The van der Waals surface area contributed by atoms with E-state index < -0.39 is 17.6 Å². The molecule has 4 aromatic heterocycles. The molecule has 0 unspecified atom stereocenters. The van der Waals surface area contributed by atoms with Gasteiger partial charge in [-0.2, -0.15) is 0 Å². The summed E-state index contributed by atoms with van der Waals surface area (Å²) in [6, 6.07) is 9.42. The van der Waals surface area contributed by atoms with Crippen LogP contribution in [0.3, 0.4) is 0 Å². The van der Waals surface area contributed by atoms with Crippen molar-refractivity contribution in [2.45, 2.75) is 26.8 Å². The lowest BCUT2D eigenvalue weighted by Crippen LogP contribution is -2.24. The van der Waals surface area contributed by atoms with Crippen molar-refractivity contribution >= 4 is 34.6 Å². The Labute approximate surface area is 239 Å². The fourth-order valence-electron chi connectivity index (χ4n) is 4.49. The van der Waals surface area contributed by atoms with Crippen LogP contribution in [0, 0.1) is 18.6 Å². The average Bonchev–Trinajstić information content (AvgIpc) is 3.31. The van der Waals surface area contributed by atoms with Gasteiger partial charge >= 0.3 is 5.97 Å². The van der Waals surface area contributed by atoms with Crippen LogP contribution >= 0.6 is 0 Å². The van der Waals surface area contributed by atoms with E-state index in [0.29, 0.717) is 41.9 Å². The molecule has 5 aromatic rings. The van der Waals surface area contributed by atoms with Gasteiger partial charge in [0.05, 0.1) is 30.0 Å². The minimum atomic E-state index is -1.03. The average molecular weight is 575 g/mol. The van der Waals surface area contributed by atoms with Crippen LogP contribution < -0.4 is 15.0 Å². The molecule has 0 saturated carbocycles. The number of pyridine rings is 2. The van der Waals surface area contributed by atoms with E-state index in [9.17, 15) is 13.6 Å². The van der Waals surface area contributed by atoms with Gasteiger partial charge in [0.15, 0.2) is 11.6 Å². The van der Waals surface area contributed by atoms with Crippen LogP contribution in [-0.2, 0) is 0 Å². The third-order valence-corrected chi connectivity index (χ3v) is 6.52. The molecule has 0 bridgehead atoms. The lowest BCUT2D eigenvalue weighted by molar-refractivity contribution is 0.0696. The van der Waals surface area contributed by atoms with Crippen molar-refractivity contribution < 1.29 is 23.4 Å². The number of ether oxygens (including phenoxy) is 1. The van der Waals surface area contributed by atoms with E-state index in [1.165, 1.54) is 24.5 Å². The number of carbonyl (C=O) groups is 1. The van der Waals surface area contributed by atoms with Gasteiger partial charge in [0.25, 0.3) is 0 Å². The zero-order valence-electron chi connectivity index (χ0n) is 23.3. The Morgan fingerprint density at radius 3 is 2.52 bits per heavy atom. The predicted molar refractivity (Wildman–Crippen MR) is 153 cm³/mol. The monoisotopic (exact) mass is 574 g/mol. The first-order valence-corrected chi connectivity index (χ1v) is 13.1. The fourth-order valence-corrected chi connectivity index (χ4v) is 4.49. The zero-order chi connectivity index (χ0) is 30.0. The molecule has 0 spiro atoms. The fraction of sp³-hybridized carbons (Fsp3) is 0.241. The van der Waals surface area contributed by atoms with E-state index in [1.807, 2.05) is 30.4 Å². The van der Waals surface area contributed by atoms with Crippen LogP contribution in [0.5, 0.6) is 5.75 Å². The van der Waals surface area contributed by atoms with Gasteiger partial charge in [-0.15, -0.1) is 0 Å². The zero-order valence-corrected chi connectivity index (χ0v) is 23.3. The number of aromatic nitrogens is 6. The van der Waals surface area contributed by atoms with E-state index in [4.69, 9.17) is 9.84 Å². The lowest BCUT2D eigenvalue weighted by Gasteiger charge is -2.18. The van der Waals surface area contributed by atoms with Crippen molar-refractivity contribution in [1.82, 2.24) is 29.5 Å². The third kappa shape index (κ3) is 5.94. The molecule has 0 radical (unpaired) electrons. The Kier molecular flexibility index (Phi) is 7.91. The van der Waals surface area contributed by atoms with Gasteiger partial charge in [0, 0.05) is 24.8 Å². The molecular weight excluding hydrogens is 546 g/mol. The number of carboxylic acids is 1. The molecule has 5 rings (SSSR count). The van der Waals surface area contributed by atoms with Crippen LogP contribution in [0.25, 0.3) is 22.3 Å². The Bertz CT molecular complexity index is 1740. The molecular formula is C29H28F2N8O3. The number of aryl methyl sites for hydroxylation is 1. The van der Waals surface area contributed by atoms with Gasteiger partial charge in [-0.25, -0.2) is 38.5 Å². The quantitative estimate of drug-likeness (QED) is 0.223. The van der Waals surface area contributed by atoms with Crippen LogP contribution in [0.4, 0.5) is 26.4 Å². The van der Waals surface area contributed by atoms with E-state index in [-0.39, 0.29) is 34.3 Å². The van der Waals surface area contributed by atoms with Crippen molar-refractivity contribution in [3.63, 3.8) is 0 Å². The first kappa shape index (κ1) is 28.3. The number of likely N-dealkylation sites (N-methyl/N-ethyl adjacent to an activating group) is 1. The van der Waals surface area contributed by atoms with E-state index in [1.54, 1.807) is 31.2 Å². The van der Waals surface area contributed by atoms with Crippen LogP contribution in [-0.4, -0.2) is 60.8 Å². The molecule has 13 heteroatoms. The Morgan fingerprint density at radius 2 is 1.86 bits per heavy atom. The van der Waals surface area contributed by atoms with Crippen molar-refractivity contribution in [2.24, 2.45) is 0 Å². The second-order valence-corrected chi connectivity index (χ2v) is 9.82. The highest BCUT2D eigenvalue weighted by molar-refractivity contribution is 5.87. The highest BCUT2D eigenvalue weighted by Crippen LogP contribution is 2.30. The highest BCUT2D eigenvalue weighted by atomic mass is 19.1. The summed E-state index contributed by atoms with van der Waals surface area (Å²) < 4.78 is 37.4. The molecule has 0 aliphatic rings. The number of halogens is 2. The summed E-state index contributed by atoms with van der Waals surface area (Å²) in [6.45, 7) is 6.56. The van der Waals surface area contributed by atoms with Gasteiger partial charge in [-0.1, -0.05) is 0 Å². The van der Waals surface area contributed by atoms with Crippen molar-refractivity contribution in [3.05, 3.63) is 78.0 Å². The van der Waals surface area contributed by atoms with E-state index >= 15 is 0 Å². The summed E-state index contributed by atoms with van der Waals surface area (Å²) in [6.07, 6.45) is 3.85. The van der Waals surface area contributed by atoms with Gasteiger partial charge in [-0.3, -0.25) is 0 Å². The van der Waals surface area contributed by atoms with Crippen molar-refractivity contribution in [1.29, 1.82) is 0 Å². The number of anilines is 3. The normalized spacial score (nSPS) is 11.2. The number of nitrogens with zero attached hydrogens (tertiary/aromatic N) is 7. The van der Waals surface area contributed by atoms with Crippen molar-refractivity contribution in [2.75, 3.05) is 30.4 Å². The first-order chi connectivity index (χ1) is 20.1. The molecule has 42 heavy (non-hydrogen) atoms. The maximum absolute atomic E-state index is 15.0. The summed E-state index contributed by atoms with van der Waals surface area (Å²) in [5.74, 6) is -0.00588. The number of rotatable bonds is 10. The number of imidazole rings is 1. The SMILES string of the molecule is Cc1nc2c(F)cc(-c3nc(Nc4ccc(OCCN(C)c5ccc(C(=O)O)cn5)cn4)ncc3F)cc2n1C(C)C. The van der Waals surface area contributed by atoms with Crippen molar-refractivity contribution in [3.8, 4) is 17.0 Å². The molecule has 11 nitrogen and oxygen atoms in total. The van der Waals surface area contributed by atoms with Gasteiger partial charge in [0.1, 0.15) is 41.0 Å². The standard InChI is InChI=1S/C29H28F2N8O3/c1-16(2)39-17(3)35-27-21(30)11-19(12-23(27)39)26-22(31)15-34-29(37-26)36-24-7-6-20(14-32-24)42-10-9-38(4)25-8-5-18(13-33-25)28(40)41/h5-8,11-16H,9-10H2,1-4H3,(H,40,41)(H,32,34,36,37). The predicted octanol–water partition coefficient (Wildman–Crippen LogP) is 5.41. The van der Waals surface area contributed by atoms with E-state index in [0.717, 1.165) is 6.20 Å². The Balaban J connectivity index is 1.25. The number of hydrogen-bond donors (Lipinski definition) is 2. The van der Waals surface area contributed by atoms with Crippen LogP contribution in [0.15, 0.2) is 55.0 Å². The summed E-state index contributed by atoms with van der Waals surface area (Å²) in [5, 5.41) is 11.9. The second kappa shape index (κ2) is 11.7. The molecule has 216 valence electrons. The van der Waals surface area contributed by atoms with Crippen LogP contribution in [0.1, 0.15) is 36.1 Å². The molecule has 2 N–H and O–H groups in total. The topological polar surface area (TPSA) is 131 Å². The Morgan fingerprint density at radius 1 is 1.05 bits per heavy atom. The third-order valence-electron chi connectivity index (χ3n) is 6.52. The molecule has 0 amide bonds.